The van der Waals surface area contributed by atoms with Gasteiger partial charge in [0.05, 0.1) is 16.7 Å². The van der Waals surface area contributed by atoms with Crippen LogP contribution in [-0.4, -0.2) is 21.1 Å². The van der Waals surface area contributed by atoms with E-state index in [1.54, 1.807) is 23.6 Å². The second kappa shape index (κ2) is 5.30. The summed E-state index contributed by atoms with van der Waals surface area (Å²) in [6.07, 6.45) is 1.55. The second-order valence-corrected chi connectivity index (χ2v) is 5.32. The van der Waals surface area contributed by atoms with Crippen LogP contribution < -0.4 is 5.32 Å². The van der Waals surface area contributed by atoms with E-state index in [9.17, 15) is 4.79 Å². The molecule has 5 nitrogen and oxygen atoms in total. The minimum atomic E-state index is -0.168. The van der Waals surface area contributed by atoms with E-state index in [4.69, 9.17) is 0 Å². The van der Waals surface area contributed by atoms with Crippen molar-refractivity contribution in [1.82, 2.24) is 20.5 Å². The van der Waals surface area contributed by atoms with Crippen LogP contribution in [0.5, 0.6) is 0 Å². The van der Waals surface area contributed by atoms with Gasteiger partial charge in [0.2, 0.25) is 0 Å². The molecule has 0 bridgehead atoms. The minimum Gasteiger partial charge on any atom is -0.343 e. The normalized spacial score (nSPS) is 12.7. The maximum atomic E-state index is 11.8. The molecule has 2 heterocycles. The summed E-state index contributed by atoms with van der Waals surface area (Å²) in [5.41, 5.74) is 1.36. The van der Waals surface area contributed by atoms with Gasteiger partial charge in [0.25, 0.3) is 5.91 Å². The molecule has 0 radical (unpaired) electrons. The third-order valence-electron chi connectivity index (χ3n) is 2.57. The van der Waals surface area contributed by atoms with Gasteiger partial charge in [0, 0.05) is 17.5 Å². The van der Waals surface area contributed by atoms with Gasteiger partial charge in [0.1, 0.15) is 5.69 Å². The van der Waals surface area contributed by atoms with Crippen molar-refractivity contribution in [2.75, 3.05) is 0 Å². The van der Waals surface area contributed by atoms with Crippen LogP contribution in [0.4, 0.5) is 0 Å². The van der Waals surface area contributed by atoms with E-state index in [2.05, 4.69) is 34.3 Å². The van der Waals surface area contributed by atoms with E-state index in [0.717, 1.165) is 10.7 Å². The number of nitrogens with zero attached hydrogens (tertiary/aromatic N) is 2. The molecule has 0 aliphatic rings. The zero-order valence-corrected chi connectivity index (χ0v) is 11.4. The first-order chi connectivity index (χ1) is 8.58. The van der Waals surface area contributed by atoms with E-state index in [1.807, 2.05) is 12.3 Å². The first-order valence-electron chi connectivity index (χ1n) is 5.83. The van der Waals surface area contributed by atoms with Gasteiger partial charge in [-0.3, -0.25) is 9.89 Å². The van der Waals surface area contributed by atoms with Gasteiger partial charge < -0.3 is 5.32 Å². The van der Waals surface area contributed by atoms with Crippen LogP contribution >= 0.6 is 11.3 Å². The Morgan fingerprint density at radius 2 is 2.22 bits per heavy atom. The van der Waals surface area contributed by atoms with Gasteiger partial charge in [-0.05, 0) is 13.0 Å². The predicted octanol–water partition coefficient (Wildman–Crippen LogP) is 2.48. The van der Waals surface area contributed by atoms with Gasteiger partial charge in [-0.15, -0.1) is 11.3 Å². The summed E-state index contributed by atoms with van der Waals surface area (Å²) in [5.74, 6) is 0.248. The van der Waals surface area contributed by atoms with Crippen molar-refractivity contribution < 1.29 is 4.79 Å². The molecule has 0 aliphatic carbocycles. The summed E-state index contributed by atoms with van der Waals surface area (Å²) in [5, 5.41) is 12.4. The molecule has 1 atom stereocenters. The van der Waals surface area contributed by atoms with Gasteiger partial charge in [-0.25, -0.2) is 4.98 Å². The number of amides is 1. The van der Waals surface area contributed by atoms with Crippen molar-refractivity contribution in [3.8, 4) is 0 Å². The van der Waals surface area contributed by atoms with Gasteiger partial charge in [-0.2, -0.15) is 5.10 Å². The van der Waals surface area contributed by atoms with Crippen LogP contribution in [0.25, 0.3) is 0 Å². The Morgan fingerprint density at radius 1 is 1.44 bits per heavy atom. The Hall–Kier alpha value is -1.69. The number of thiazole rings is 1. The van der Waals surface area contributed by atoms with Crippen molar-refractivity contribution >= 4 is 17.2 Å². The van der Waals surface area contributed by atoms with Crippen molar-refractivity contribution in [3.63, 3.8) is 0 Å². The number of rotatable bonds is 4. The third-order valence-corrected chi connectivity index (χ3v) is 3.73. The molecule has 1 unspecified atom stereocenters. The molecule has 0 spiro atoms. The van der Waals surface area contributed by atoms with E-state index < -0.39 is 0 Å². The lowest BCUT2D eigenvalue weighted by atomic mass is 10.2. The lowest BCUT2D eigenvalue weighted by Crippen LogP contribution is -2.27. The highest BCUT2D eigenvalue weighted by molar-refractivity contribution is 7.09. The number of carbonyl (C=O) groups is 1. The first kappa shape index (κ1) is 12.8. The number of aromatic nitrogens is 3. The van der Waals surface area contributed by atoms with Crippen molar-refractivity contribution in [2.45, 2.75) is 32.7 Å². The molecule has 96 valence electrons. The van der Waals surface area contributed by atoms with Gasteiger partial charge >= 0.3 is 0 Å². The summed E-state index contributed by atoms with van der Waals surface area (Å²) < 4.78 is 0. The van der Waals surface area contributed by atoms with Crippen molar-refractivity contribution in [1.29, 1.82) is 0 Å². The number of hydrogen-bond acceptors (Lipinski definition) is 4. The molecule has 2 rings (SSSR count). The first-order valence-corrected chi connectivity index (χ1v) is 6.71. The molecule has 0 fully saturated rings. The molecule has 6 heteroatoms. The van der Waals surface area contributed by atoms with Crippen LogP contribution in [0, 0.1) is 0 Å². The number of aromatic amines is 1. The smallest absolute Gasteiger partial charge is 0.269 e. The zero-order valence-electron chi connectivity index (χ0n) is 10.6. The third kappa shape index (κ3) is 2.76. The maximum Gasteiger partial charge on any atom is 0.269 e. The van der Waals surface area contributed by atoms with Crippen LogP contribution in [0.3, 0.4) is 0 Å². The molecule has 0 aliphatic heterocycles. The Labute approximate surface area is 110 Å². The summed E-state index contributed by atoms with van der Waals surface area (Å²) >= 11 is 1.63. The monoisotopic (exact) mass is 264 g/mol. The number of nitrogens with one attached hydrogen (secondary N) is 2. The Balaban J connectivity index is 2.03. The fraction of sp³-hybridized carbons (Fsp3) is 0.417. The molecular formula is C12H16N4OS. The van der Waals surface area contributed by atoms with E-state index >= 15 is 0 Å². The molecular weight excluding hydrogens is 248 g/mol. The van der Waals surface area contributed by atoms with Crippen LogP contribution in [-0.2, 0) is 0 Å². The number of hydrogen-bond donors (Lipinski definition) is 2. The fourth-order valence-electron chi connectivity index (χ4n) is 1.50. The van der Waals surface area contributed by atoms with Gasteiger partial charge in [0.15, 0.2) is 0 Å². The summed E-state index contributed by atoms with van der Waals surface area (Å²) in [6.45, 7) is 6.14. The van der Waals surface area contributed by atoms with E-state index in [0.29, 0.717) is 11.6 Å². The Kier molecular flexibility index (Phi) is 3.76. The summed E-state index contributed by atoms with van der Waals surface area (Å²) in [7, 11) is 0. The van der Waals surface area contributed by atoms with Gasteiger partial charge in [-0.1, -0.05) is 13.8 Å². The molecule has 0 saturated carbocycles. The fourth-order valence-corrected chi connectivity index (χ4v) is 2.42. The standard InChI is InChI=1S/C12H16N4OS/c1-7(2)12-15-10(6-18-12)8(3)14-11(17)9-4-5-13-16-9/h4-8H,1-3H3,(H,13,16)(H,14,17). The van der Waals surface area contributed by atoms with E-state index in [-0.39, 0.29) is 11.9 Å². The lowest BCUT2D eigenvalue weighted by Gasteiger charge is -2.10. The summed E-state index contributed by atoms with van der Waals surface area (Å²) in [6, 6.07) is 1.53. The van der Waals surface area contributed by atoms with Crippen LogP contribution in [0.1, 0.15) is 53.9 Å². The maximum absolute atomic E-state index is 11.8. The predicted molar refractivity (Wildman–Crippen MR) is 70.7 cm³/mol. The topological polar surface area (TPSA) is 70.7 Å². The minimum absolute atomic E-state index is 0.107. The Bertz CT molecular complexity index is 518. The summed E-state index contributed by atoms with van der Waals surface area (Å²) in [4.78, 5) is 16.3. The molecule has 0 saturated heterocycles. The highest BCUT2D eigenvalue weighted by Crippen LogP contribution is 2.22. The highest BCUT2D eigenvalue weighted by Gasteiger charge is 2.15. The zero-order chi connectivity index (χ0) is 13.1. The lowest BCUT2D eigenvalue weighted by molar-refractivity contribution is 0.0934. The van der Waals surface area contributed by atoms with E-state index in [1.165, 1.54) is 0 Å². The van der Waals surface area contributed by atoms with Crippen LogP contribution in [0.15, 0.2) is 17.6 Å². The average molecular weight is 264 g/mol. The quantitative estimate of drug-likeness (QED) is 0.891. The van der Waals surface area contributed by atoms with Crippen molar-refractivity contribution in [2.24, 2.45) is 0 Å². The number of H-pyrrole nitrogens is 1. The average Bonchev–Trinajstić information content (AvgIpc) is 3.00. The number of carbonyl (C=O) groups excluding carboxylic acids is 1. The molecule has 18 heavy (non-hydrogen) atoms. The Morgan fingerprint density at radius 3 is 2.78 bits per heavy atom. The molecule has 1 amide bonds. The molecule has 0 aromatic carbocycles. The SMILES string of the molecule is CC(C)c1nc(C(C)NC(=O)c2ccn[nH]2)cs1. The van der Waals surface area contributed by atoms with Crippen LogP contribution in [0.2, 0.25) is 0 Å². The second-order valence-electron chi connectivity index (χ2n) is 4.43. The largest absolute Gasteiger partial charge is 0.343 e. The molecule has 2 aromatic heterocycles. The van der Waals surface area contributed by atoms with Crippen molar-refractivity contribution in [3.05, 3.63) is 34.0 Å². The molecule has 2 N–H and O–H groups in total. The highest BCUT2D eigenvalue weighted by atomic mass is 32.1. The molecule has 2 aromatic rings.